The second-order valence-corrected chi connectivity index (χ2v) is 1.51. The third kappa shape index (κ3) is 0.869. The van der Waals surface area contributed by atoms with Crippen molar-refractivity contribution in [2.45, 2.75) is 6.42 Å². The van der Waals surface area contributed by atoms with Crippen molar-refractivity contribution in [3.05, 3.63) is 11.8 Å². The van der Waals surface area contributed by atoms with Gasteiger partial charge in [-0.2, -0.15) is 0 Å². The molecule has 0 aromatic carbocycles. The zero-order chi connectivity index (χ0) is 5.98. The van der Waals surface area contributed by atoms with E-state index in [0.717, 1.165) is 0 Å². The number of aliphatic hydroxyl groups excluding tert-OH is 1. The van der Waals surface area contributed by atoms with E-state index in [1.54, 1.807) is 6.08 Å². The van der Waals surface area contributed by atoms with Crippen LogP contribution in [0, 0.1) is 0 Å². The average molecular weight is 114 g/mol. The molecule has 1 aliphatic heterocycles. The Hall–Kier alpha value is -0.830. The molecule has 1 aliphatic rings. The molecule has 0 unspecified atom stereocenters. The van der Waals surface area contributed by atoms with Gasteiger partial charge in [-0.1, -0.05) is 0 Å². The largest absolute Gasteiger partial charge is 0.429 e. The van der Waals surface area contributed by atoms with Gasteiger partial charge in [0.2, 0.25) is 0 Å². The van der Waals surface area contributed by atoms with Gasteiger partial charge in [-0.25, -0.2) is 0 Å². The molecule has 0 spiro atoms. The van der Waals surface area contributed by atoms with Gasteiger partial charge in [-0.15, -0.1) is 0 Å². The summed E-state index contributed by atoms with van der Waals surface area (Å²) < 4.78 is 4.48. The Morgan fingerprint density at radius 2 is 2.62 bits per heavy atom. The zero-order valence-corrected chi connectivity index (χ0v) is 4.26. The van der Waals surface area contributed by atoms with Crippen molar-refractivity contribution < 1.29 is 14.6 Å². The third-order valence-corrected chi connectivity index (χ3v) is 0.897. The molecular weight excluding hydrogens is 108 g/mol. The lowest BCUT2D eigenvalue weighted by molar-refractivity contribution is -0.137. The summed E-state index contributed by atoms with van der Waals surface area (Å²) in [7, 11) is 0. The summed E-state index contributed by atoms with van der Waals surface area (Å²) in [4.78, 5) is 10.2. The number of carbonyl (C=O) groups excluding carboxylic acids is 1. The minimum Gasteiger partial charge on any atom is -0.429 e. The van der Waals surface area contributed by atoms with Crippen molar-refractivity contribution in [3.63, 3.8) is 0 Å². The number of esters is 1. The van der Waals surface area contributed by atoms with E-state index in [9.17, 15) is 4.79 Å². The molecule has 0 saturated carbocycles. The maximum absolute atomic E-state index is 10.2. The fourth-order valence-electron chi connectivity index (χ4n) is 0.524. The topological polar surface area (TPSA) is 46.5 Å². The van der Waals surface area contributed by atoms with Crippen molar-refractivity contribution in [1.29, 1.82) is 0 Å². The summed E-state index contributed by atoms with van der Waals surface area (Å²) in [5, 5.41) is 8.34. The van der Waals surface area contributed by atoms with E-state index in [1.165, 1.54) is 0 Å². The smallest absolute Gasteiger partial charge is 0.314 e. The van der Waals surface area contributed by atoms with Crippen molar-refractivity contribution in [1.82, 2.24) is 0 Å². The summed E-state index contributed by atoms with van der Waals surface area (Å²) in [5.41, 5.74) is 0. The van der Waals surface area contributed by atoms with Gasteiger partial charge in [0, 0.05) is 0 Å². The van der Waals surface area contributed by atoms with Gasteiger partial charge < -0.3 is 9.84 Å². The predicted molar refractivity (Wildman–Crippen MR) is 25.9 cm³/mol. The van der Waals surface area contributed by atoms with Gasteiger partial charge in [0.15, 0.2) is 0 Å². The number of ether oxygens (including phenoxy) is 1. The molecule has 8 heavy (non-hydrogen) atoms. The molecule has 0 saturated heterocycles. The molecule has 0 amide bonds. The Balaban J connectivity index is 2.49. The van der Waals surface area contributed by atoms with Crippen molar-refractivity contribution >= 4 is 5.97 Å². The second-order valence-electron chi connectivity index (χ2n) is 1.51. The maximum atomic E-state index is 10.2. The van der Waals surface area contributed by atoms with Gasteiger partial charge >= 0.3 is 5.97 Å². The fourth-order valence-corrected chi connectivity index (χ4v) is 0.524. The lowest BCUT2D eigenvalue weighted by Gasteiger charge is -1.92. The third-order valence-electron chi connectivity index (χ3n) is 0.897. The second kappa shape index (κ2) is 1.96. The van der Waals surface area contributed by atoms with E-state index < -0.39 is 0 Å². The Morgan fingerprint density at radius 1 is 1.88 bits per heavy atom. The van der Waals surface area contributed by atoms with Crippen LogP contribution in [-0.2, 0) is 9.53 Å². The molecule has 0 aromatic heterocycles. The number of aliphatic hydroxyl groups is 1. The molecule has 0 bridgehead atoms. The molecule has 0 atom stereocenters. The van der Waals surface area contributed by atoms with E-state index in [1.807, 2.05) is 0 Å². The molecule has 3 nitrogen and oxygen atoms in total. The summed E-state index contributed by atoms with van der Waals surface area (Å²) in [6.45, 7) is -0.175. The fraction of sp³-hybridized carbons (Fsp3) is 0.400. The van der Waals surface area contributed by atoms with Crippen LogP contribution in [0.5, 0.6) is 0 Å². The molecule has 0 aliphatic carbocycles. The van der Waals surface area contributed by atoms with Crippen LogP contribution in [0.4, 0.5) is 0 Å². The number of carbonyl (C=O) groups is 1. The number of hydrogen-bond acceptors (Lipinski definition) is 3. The summed E-state index contributed by atoms with van der Waals surface area (Å²) in [6, 6.07) is 0. The molecule has 0 aromatic rings. The normalized spacial score (nSPS) is 18.1. The molecule has 44 valence electrons. The highest BCUT2D eigenvalue weighted by Gasteiger charge is 2.11. The zero-order valence-electron chi connectivity index (χ0n) is 4.26. The lowest BCUT2D eigenvalue weighted by atomic mass is 10.4. The monoisotopic (exact) mass is 114 g/mol. The lowest BCUT2D eigenvalue weighted by Crippen LogP contribution is -1.96. The summed E-state index contributed by atoms with van der Waals surface area (Å²) in [6.07, 6.45) is 1.87. The van der Waals surface area contributed by atoms with E-state index in [-0.39, 0.29) is 12.6 Å². The van der Waals surface area contributed by atoms with Crippen LogP contribution in [-0.4, -0.2) is 17.7 Å². The van der Waals surface area contributed by atoms with Gasteiger partial charge in [-0.05, 0) is 6.08 Å². The van der Waals surface area contributed by atoms with Crippen LogP contribution >= 0.6 is 0 Å². The van der Waals surface area contributed by atoms with Crippen molar-refractivity contribution in [2.24, 2.45) is 0 Å². The van der Waals surface area contributed by atoms with Crippen LogP contribution in [0.25, 0.3) is 0 Å². The summed E-state index contributed by atoms with van der Waals surface area (Å²) in [5.74, 6) is 0.0871. The van der Waals surface area contributed by atoms with Crippen LogP contribution in [0.2, 0.25) is 0 Å². The number of cyclic esters (lactones) is 1. The molecular formula is C5H6O3. The molecule has 1 rings (SSSR count). The van der Waals surface area contributed by atoms with E-state index in [4.69, 9.17) is 5.11 Å². The molecule has 0 fully saturated rings. The Labute approximate surface area is 46.6 Å². The van der Waals surface area contributed by atoms with Crippen molar-refractivity contribution in [3.8, 4) is 0 Å². The van der Waals surface area contributed by atoms with Gasteiger partial charge in [0.1, 0.15) is 12.4 Å². The van der Waals surface area contributed by atoms with Crippen LogP contribution in [0.3, 0.4) is 0 Å². The van der Waals surface area contributed by atoms with E-state index in [0.29, 0.717) is 12.2 Å². The van der Waals surface area contributed by atoms with E-state index >= 15 is 0 Å². The molecule has 3 heteroatoms. The van der Waals surface area contributed by atoms with Gasteiger partial charge in [-0.3, -0.25) is 4.79 Å². The number of rotatable bonds is 1. The highest BCUT2D eigenvalue weighted by molar-refractivity contribution is 5.75. The SMILES string of the molecule is O=C1CC=C(CO)O1. The van der Waals surface area contributed by atoms with Gasteiger partial charge in [0.25, 0.3) is 0 Å². The quantitative estimate of drug-likeness (QED) is 0.480. The minimum atomic E-state index is -0.283. The Morgan fingerprint density at radius 3 is 2.88 bits per heavy atom. The predicted octanol–water partition coefficient (Wildman–Crippen LogP) is -0.191. The molecule has 0 radical (unpaired) electrons. The van der Waals surface area contributed by atoms with Gasteiger partial charge in [0.05, 0.1) is 6.42 Å². The van der Waals surface area contributed by atoms with Crippen LogP contribution in [0.15, 0.2) is 11.8 Å². The molecule has 1 N–H and O–H groups in total. The van der Waals surface area contributed by atoms with Crippen molar-refractivity contribution in [2.75, 3.05) is 6.61 Å². The first kappa shape index (κ1) is 5.31. The number of hydrogen-bond donors (Lipinski definition) is 1. The molecule has 1 heterocycles. The maximum Gasteiger partial charge on any atom is 0.314 e. The van der Waals surface area contributed by atoms with Crippen LogP contribution < -0.4 is 0 Å². The minimum absolute atomic E-state index is 0.175. The Bertz CT molecular complexity index is 137. The first-order valence-electron chi connectivity index (χ1n) is 2.33. The van der Waals surface area contributed by atoms with Crippen LogP contribution in [0.1, 0.15) is 6.42 Å². The first-order valence-corrected chi connectivity index (χ1v) is 2.33. The first-order chi connectivity index (χ1) is 3.83. The standard InChI is InChI=1S/C5H6O3/c6-3-4-1-2-5(7)8-4/h1,6H,2-3H2. The average Bonchev–Trinajstić information content (AvgIpc) is 2.14. The van der Waals surface area contributed by atoms with E-state index in [2.05, 4.69) is 4.74 Å². The summed E-state index contributed by atoms with van der Waals surface area (Å²) >= 11 is 0. The highest BCUT2D eigenvalue weighted by Crippen LogP contribution is 2.08. The Kier molecular flexibility index (Phi) is 1.30. The highest BCUT2D eigenvalue weighted by atomic mass is 16.5.